The van der Waals surface area contributed by atoms with Crippen molar-refractivity contribution in [2.45, 2.75) is 43.9 Å². The molecular weight excluding hydrogens is 290 g/mol. The van der Waals surface area contributed by atoms with Crippen molar-refractivity contribution in [3.05, 3.63) is 35.9 Å². The van der Waals surface area contributed by atoms with E-state index in [4.69, 9.17) is 14.2 Å². The topological polar surface area (TPSA) is 97.3 Å². The Morgan fingerprint density at radius 3 is 2.64 bits per heavy atom. The van der Waals surface area contributed by atoms with Gasteiger partial charge in [0.25, 0.3) is 0 Å². The van der Waals surface area contributed by atoms with Crippen molar-refractivity contribution in [1.29, 1.82) is 0 Å². The molecule has 22 heavy (non-hydrogen) atoms. The molecule has 3 N–H and O–H groups in total. The van der Waals surface area contributed by atoms with Crippen LogP contribution in [-0.2, 0) is 19.0 Å². The lowest BCUT2D eigenvalue weighted by Gasteiger charge is -2.46. The van der Waals surface area contributed by atoms with Gasteiger partial charge in [-0.15, -0.1) is 0 Å². The Bertz CT molecular complexity index is 524. The number of fused-ring (bicyclic) bond motifs is 1. The van der Waals surface area contributed by atoms with E-state index in [1.165, 1.54) is 6.92 Å². The maximum atomic E-state index is 11.2. The fourth-order valence-electron chi connectivity index (χ4n) is 2.78. The Morgan fingerprint density at radius 1 is 1.23 bits per heavy atom. The van der Waals surface area contributed by atoms with E-state index >= 15 is 0 Å². The van der Waals surface area contributed by atoms with Crippen LogP contribution >= 0.6 is 0 Å². The van der Waals surface area contributed by atoms with Crippen LogP contribution in [0.5, 0.6) is 0 Å². The molecule has 0 radical (unpaired) electrons. The minimum absolute atomic E-state index is 0.186. The van der Waals surface area contributed by atoms with Gasteiger partial charge in [0.05, 0.1) is 6.61 Å². The van der Waals surface area contributed by atoms with Crippen molar-refractivity contribution >= 4 is 5.91 Å². The zero-order valence-electron chi connectivity index (χ0n) is 12.1. The maximum absolute atomic E-state index is 11.2. The average molecular weight is 309 g/mol. The summed E-state index contributed by atoms with van der Waals surface area (Å²) in [6.07, 6.45) is -4.29. The molecule has 120 valence electrons. The third kappa shape index (κ3) is 2.99. The second-order valence-corrected chi connectivity index (χ2v) is 5.46. The van der Waals surface area contributed by atoms with Gasteiger partial charge in [-0.2, -0.15) is 0 Å². The van der Waals surface area contributed by atoms with Gasteiger partial charge in [-0.3, -0.25) is 4.79 Å². The summed E-state index contributed by atoms with van der Waals surface area (Å²) in [6, 6.07) is 8.41. The first-order valence-corrected chi connectivity index (χ1v) is 7.17. The molecule has 3 rings (SSSR count). The first kappa shape index (κ1) is 15.4. The van der Waals surface area contributed by atoms with Crippen LogP contribution in [0.2, 0.25) is 0 Å². The standard InChI is InChI=1S/C15H19NO6/c1-8(17)16-11-12(18)13-10(21-14(11)19)7-20-15(22-13)9-5-3-2-4-6-9/h2-6,10-15,18-19H,7H2,1H3,(H,16,17)/t10-,11+,12+,13-,14-,15+/m1/s1. The van der Waals surface area contributed by atoms with Gasteiger partial charge in [0.15, 0.2) is 12.6 Å². The molecule has 0 aliphatic carbocycles. The number of hydrogen-bond acceptors (Lipinski definition) is 6. The molecule has 6 atom stereocenters. The number of aliphatic hydroxyl groups excluding tert-OH is 2. The van der Waals surface area contributed by atoms with Crippen molar-refractivity contribution in [3.63, 3.8) is 0 Å². The molecule has 7 heteroatoms. The molecule has 7 nitrogen and oxygen atoms in total. The summed E-state index contributed by atoms with van der Waals surface area (Å²) in [7, 11) is 0. The first-order chi connectivity index (χ1) is 10.6. The molecule has 2 saturated heterocycles. The highest BCUT2D eigenvalue weighted by Gasteiger charge is 2.49. The maximum Gasteiger partial charge on any atom is 0.217 e. The van der Waals surface area contributed by atoms with Gasteiger partial charge >= 0.3 is 0 Å². The predicted octanol–water partition coefficient (Wildman–Crippen LogP) is -0.317. The minimum atomic E-state index is -1.30. The molecule has 1 aromatic carbocycles. The molecule has 0 bridgehead atoms. The monoisotopic (exact) mass is 309 g/mol. The van der Waals surface area contributed by atoms with E-state index in [0.717, 1.165) is 5.56 Å². The van der Waals surface area contributed by atoms with Crippen LogP contribution in [0, 0.1) is 0 Å². The number of carbonyl (C=O) groups excluding carboxylic acids is 1. The van der Waals surface area contributed by atoms with Gasteiger partial charge < -0.3 is 29.7 Å². The van der Waals surface area contributed by atoms with Crippen LogP contribution < -0.4 is 5.32 Å². The Labute approximate surface area is 127 Å². The van der Waals surface area contributed by atoms with E-state index < -0.39 is 36.9 Å². The molecule has 2 fully saturated rings. The quantitative estimate of drug-likeness (QED) is 0.693. The number of benzene rings is 1. The Kier molecular flexibility index (Phi) is 4.42. The molecule has 0 unspecified atom stereocenters. The highest BCUT2D eigenvalue weighted by atomic mass is 16.7. The minimum Gasteiger partial charge on any atom is -0.388 e. The molecule has 1 aromatic rings. The van der Waals surface area contributed by atoms with Gasteiger partial charge in [0, 0.05) is 12.5 Å². The lowest BCUT2D eigenvalue weighted by atomic mass is 9.96. The number of amides is 1. The van der Waals surface area contributed by atoms with E-state index in [1.54, 1.807) is 0 Å². The van der Waals surface area contributed by atoms with Crippen molar-refractivity contribution < 1.29 is 29.2 Å². The number of hydrogen-bond donors (Lipinski definition) is 3. The number of nitrogens with one attached hydrogen (secondary N) is 1. The van der Waals surface area contributed by atoms with Crippen LogP contribution in [0.1, 0.15) is 18.8 Å². The number of aliphatic hydroxyl groups is 2. The second kappa shape index (κ2) is 6.31. The third-order valence-corrected chi connectivity index (χ3v) is 3.83. The Morgan fingerprint density at radius 2 is 1.95 bits per heavy atom. The smallest absolute Gasteiger partial charge is 0.217 e. The van der Waals surface area contributed by atoms with Gasteiger partial charge in [0.2, 0.25) is 5.91 Å². The first-order valence-electron chi connectivity index (χ1n) is 7.17. The van der Waals surface area contributed by atoms with E-state index in [9.17, 15) is 15.0 Å². The fourth-order valence-corrected chi connectivity index (χ4v) is 2.78. The van der Waals surface area contributed by atoms with Crippen LogP contribution in [0.3, 0.4) is 0 Å². The van der Waals surface area contributed by atoms with E-state index in [2.05, 4.69) is 5.32 Å². The van der Waals surface area contributed by atoms with Gasteiger partial charge in [0.1, 0.15) is 24.4 Å². The molecule has 0 aromatic heterocycles. The summed E-state index contributed by atoms with van der Waals surface area (Å²) in [5.74, 6) is -0.364. The summed E-state index contributed by atoms with van der Waals surface area (Å²) in [6.45, 7) is 1.49. The number of ether oxygens (including phenoxy) is 3. The van der Waals surface area contributed by atoms with Crippen LogP contribution in [0.4, 0.5) is 0 Å². The van der Waals surface area contributed by atoms with Crippen molar-refractivity contribution in [1.82, 2.24) is 5.32 Å². The summed E-state index contributed by atoms with van der Waals surface area (Å²) in [5.41, 5.74) is 0.829. The Balaban J connectivity index is 1.75. The third-order valence-electron chi connectivity index (χ3n) is 3.83. The van der Waals surface area contributed by atoms with Gasteiger partial charge in [-0.25, -0.2) is 0 Å². The molecule has 2 heterocycles. The van der Waals surface area contributed by atoms with Crippen LogP contribution in [0.15, 0.2) is 30.3 Å². The number of rotatable bonds is 2. The molecule has 0 spiro atoms. The number of carbonyl (C=O) groups is 1. The van der Waals surface area contributed by atoms with Crippen molar-refractivity contribution in [2.75, 3.05) is 6.61 Å². The lowest BCUT2D eigenvalue weighted by molar-refractivity contribution is -0.337. The summed E-state index contributed by atoms with van der Waals surface area (Å²) < 4.78 is 16.8. The summed E-state index contributed by atoms with van der Waals surface area (Å²) >= 11 is 0. The molecule has 0 saturated carbocycles. The van der Waals surface area contributed by atoms with Gasteiger partial charge in [-0.1, -0.05) is 30.3 Å². The zero-order valence-corrected chi connectivity index (χ0v) is 12.1. The molecule has 2 aliphatic heterocycles. The largest absolute Gasteiger partial charge is 0.388 e. The van der Waals surface area contributed by atoms with Crippen molar-refractivity contribution in [2.24, 2.45) is 0 Å². The van der Waals surface area contributed by atoms with Crippen molar-refractivity contribution in [3.8, 4) is 0 Å². The molecule has 1 amide bonds. The van der Waals surface area contributed by atoms with Gasteiger partial charge in [-0.05, 0) is 0 Å². The highest BCUT2D eigenvalue weighted by molar-refractivity contribution is 5.73. The lowest BCUT2D eigenvalue weighted by Crippen LogP contribution is -2.66. The summed E-state index contributed by atoms with van der Waals surface area (Å²) in [4.78, 5) is 11.2. The predicted molar refractivity (Wildman–Crippen MR) is 74.5 cm³/mol. The van der Waals surface area contributed by atoms with E-state index in [1.807, 2.05) is 30.3 Å². The van der Waals surface area contributed by atoms with Crippen LogP contribution in [0.25, 0.3) is 0 Å². The zero-order chi connectivity index (χ0) is 15.7. The average Bonchev–Trinajstić information content (AvgIpc) is 2.52. The normalized spacial score (nSPS) is 38.1. The fraction of sp³-hybridized carbons (Fsp3) is 0.533. The highest BCUT2D eigenvalue weighted by Crippen LogP contribution is 2.33. The van der Waals surface area contributed by atoms with Crippen LogP contribution in [-0.4, -0.2) is 53.4 Å². The molecular formula is C15H19NO6. The second-order valence-electron chi connectivity index (χ2n) is 5.46. The van der Waals surface area contributed by atoms with E-state index in [-0.39, 0.29) is 12.5 Å². The SMILES string of the molecule is CC(=O)N[C@H]1[C@H](O)[C@@H]2O[C@@H](c3ccccc3)OC[C@H]2O[C@H]1O. The Hall–Kier alpha value is -1.51. The molecule has 2 aliphatic rings. The summed E-state index contributed by atoms with van der Waals surface area (Å²) in [5, 5.41) is 22.8. The van der Waals surface area contributed by atoms with E-state index in [0.29, 0.717) is 0 Å².